The number of benzene rings is 3. The number of amides is 1. The van der Waals surface area contributed by atoms with E-state index in [1.165, 1.54) is 12.1 Å². The van der Waals surface area contributed by atoms with E-state index in [-0.39, 0.29) is 11.6 Å². The van der Waals surface area contributed by atoms with Gasteiger partial charge in [0.2, 0.25) is 5.91 Å². The van der Waals surface area contributed by atoms with Gasteiger partial charge in [-0.05, 0) is 56.2 Å². The fourth-order valence-electron chi connectivity index (χ4n) is 3.50. The quantitative estimate of drug-likeness (QED) is 0.126. The number of non-ortho nitro benzene ring substituents is 1. The van der Waals surface area contributed by atoms with Crippen molar-refractivity contribution >= 4 is 29.0 Å². The van der Waals surface area contributed by atoms with Gasteiger partial charge in [0, 0.05) is 41.2 Å². The van der Waals surface area contributed by atoms with Crippen molar-refractivity contribution in [2.24, 2.45) is 0 Å². The summed E-state index contributed by atoms with van der Waals surface area (Å²) in [5.41, 5.74) is 3.64. The standard InChI is InChI=1S/C26H25N5O3S/c1-19-10-14-21(15-11-19)27-24(32)9-5-6-18-35-26-29-28-25(30(26)22-7-3-2-4-8-22)20-12-16-23(17-13-20)31(33)34/h2-4,7-8,10-17H,5-6,9,18H2,1H3,(H,27,32). The van der Waals surface area contributed by atoms with Crippen molar-refractivity contribution in [1.82, 2.24) is 14.8 Å². The maximum Gasteiger partial charge on any atom is 0.269 e. The number of nitrogens with one attached hydrogen (secondary N) is 1. The number of anilines is 1. The molecule has 0 radical (unpaired) electrons. The molecule has 0 saturated carbocycles. The van der Waals surface area contributed by atoms with E-state index < -0.39 is 4.92 Å². The van der Waals surface area contributed by atoms with E-state index in [0.29, 0.717) is 12.2 Å². The Kier molecular flexibility index (Phi) is 7.89. The molecule has 0 aliphatic heterocycles. The number of unbranched alkanes of at least 4 members (excludes halogenated alkanes) is 1. The zero-order valence-corrected chi connectivity index (χ0v) is 20.1. The molecule has 4 aromatic rings. The first kappa shape index (κ1) is 24.2. The summed E-state index contributed by atoms with van der Waals surface area (Å²) in [5.74, 6) is 1.40. The van der Waals surface area contributed by atoms with Crippen LogP contribution in [0.5, 0.6) is 0 Å². The summed E-state index contributed by atoms with van der Waals surface area (Å²) in [5, 5.41) is 23.4. The molecule has 0 aliphatic carbocycles. The number of rotatable bonds is 10. The van der Waals surface area contributed by atoms with E-state index in [1.807, 2.05) is 66.1 Å². The van der Waals surface area contributed by atoms with E-state index in [4.69, 9.17) is 0 Å². The lowest BCUT2D eigenvalue weighted by Gasteiger charge is -2.10. The molecule has 35 heavy (non-hydrogen) atoms. The van der Waals surface area contributed by atoms with Crippen molar-refractivity contribution in [1.29, 1.82) is 0 Å². The van der Waals surface area contributed by atoms with Crippen LogP contribution in [-0.2, 0) is 4.79 Å². The molecular formula is C26H25N5O3S. The third-order valence-corrected chi connectivity index (χ3v) is 6.36. The Morgan fingerprint density at radius 1 is 0.971 bits per heavy atom. The third kappa shape index (κ3) is 6.33. The summed E-state index contributed by atoms with van der Waals surface area (Å²) >= 11 is 1.57. The number of carbonyl (C=O) groups excluding carboxylic acids is 1. The molecule has 0 bridgehead atoms. The first-order chi connectivity index (χ1) is 17.0. The van der Waals surface area contributed by atoms with Gasteiger partial charge in [0.1, 0.15) is 0 Å². The summed E-state index contributed by atoms with van der Waals surface area (Å²) in [6.45, 7) is 2.01. The number of nitro benzene ring substituents is 1. The van der Waals surface area contributed by atoms with Crippen LogP contribution in [0.1, 0.15) is 24.8 Å². The minimum absolute atomic E-state index is 0.00626. The van der Waals surface area contributed by atoms with E-state index in [9.17, 15) is 14.9 Å². The monoisotopic (exact) mass is 487 g/mol. The topological polar surface area (TPSA) is 103 Å². The van der Waals surface area contributed by atoms with Crippen molar-refractivity contribution < 1.29 is 9.72 Å². The van der Waals surface area contributed by atoms with Gasteiger partial charge in [-0.2, -0.15) is 0 Å². The average Bonchev–Trinajstić information content (AvgIpc) is 3.29. The smallest absolute Gasteiger partial charge is 0.269 e. The molecular weight excluding hydrogens is 462 g/mol. The van der Waals surface area contributed by atoms with Crippen LogP contribution in [-0.4, -0.2) is 31.3 Å². The number of nitro groups is 1. The summed E-state index contributed by atoms with van der Waals surface area (Å²) in [7, 11) is 0. The van der Waals surface area contributed by atoms with Crippen molar-refractivity contribution in [3.8, 4) is 17.1 Å². The Morgan fingerprint density at radius 2 is 1.69 bits per heavy atom. The summed E-state index contributed by atoms with van der Waals surface area (Å²) < 4.78 is 1.95. The number of para-hydroxylation sites is 1. The normalized spacial score (nSPS) is 10.8. The Morgan fingerprint density at radius 3 is 2.37 bits per heavy atom. The molecule has 0 fully saturated rings. The second-order valence-electron chi connectivity index (χ2n) is 8.00. The van der Waals surface area contributed by atoms with Gasteiger partial charge in [-0.3, -0.25) is 19.5 Å². The lowest BCUT2D eigenvalue weighted by molar-refractivity contribution is -0.384. The molecule has 3 aromatic carbocycles. The number of hydrogen-bond acceptors (Lipinski definition) is 6. The van der Waals surface area contributed by atoms with Crippen molar-refractivity contribution in [3.05, 3.63) is 94.5 Å². The highest BCUT2D eigenvalue weighted by atomic mass is 32.2. The van der Waals surface area contributed by atoms with Gasteiger partial charge in [-0.25, -0.2) is 0 Å². The van der Waals surface area contributed by atoms with Crippen LogP contribution in [0.3, 0.4) is 0 Å². The summed E-state index contributed by atoms with van der Waals surface area (Å²) in [4.78, 5) is 22.8. The highest BCUT2D eigenvalue weighted by Crippen LogP contribution is 2.29. The molecule has 4 rings (SSSR count). The highest BCUT2D eigenvalue weighted by Gasteiger charge is 2.17. The van der Waals surface area contributed by atoms with Gasteiger partial charge >= 0.3 is 0 Å². The van der Waals surface area contributed by atoms with Gasteiger partial charge in [-0.1, -0.05) is 47.7 Å². The van der Waals surface area contributed by atoms with Crippen LogP contribution in [0.25, 0.3) is 17.1 Å². The minimum Gasteiger partial charge on any atom is -0.326 e. The first-order valence-electron chi connectivity index (χ1n) is 11.3. The van der Waals surface area contributed by atoms with Gasteiger partial charge in [0.15, 0.2) is 11.0 Å². The van der Waals surface area contributed by atoms with Crippen LogP contribution in [0, 0.1) is 17.0 Å². The molecule has 0 saturated heterocycles. The number of nitrogens with zero attached hydrogens (tertiary/aromatic N) is 4. The Balaban J connectivity index is 1.39. The maximum absolute atomic E-state index is 12.2. The molecule has 0 atom stereocenters. The molecule has 0 aliphatic rings. The van der Waals surface area contributed by atoms with E-state index in [2.05, 4.69) is 15.5 Å². The highest BCUT2D eigenvalue weighted by molar-refractivity contribution is 7.99. The van der Waals surface area contributed by atoms with Crippen molar-refractivity contribution in [3.63, 3.8) is 0 Å². The van der Waals surface area contributed by atoms with Gasteiger partial charge in [0.05, 0.1) is 4.92 Å². The molecule has 1 heterocycles. The van der Waals surface area contributed by atoms with Gasteiger partial charge in [0.25, 0.3) is 5.69 Å². The first-order valence-corrected chi connectivity index (χ1v) is 12.2. The number of thioether (sulfide) groups is 1. The molecule has 0 unspecified atom stereocenters. The second kappa shape index (κ2) is 11.4. The summed E-state index contributed by atoms with van der Waals surface area (Å²) in [6, 6.07) is 23.8. The second-order valence-corrected chi connectivity index (χ2v) is 9.06. The predicted molar refractivity (Wildman–Crippen MR) is 138 cm³/mol. The van der Waals surface area contributed by atoms with Crippen LogP contribution in [0.2, 0.25) is 0 Å². The molecule has 1 aromatic heterocycles. The number of aromatic nitrogens is 3. The van der Waals surface area contributed by atoms with Crippen molar-refractivity contribution in [2.45, 2.75) is 31.3 Å². The fraction of sp³-hybridized carbons (Fsp3) is 0.192. The SMILES string of the molecule is Cc1ccc(NC(=O)CCCCSc2nnc(-c3ccc([N+](=O)[O-])cc3)n2-c2ccccc2)cc1. The zero-order valence-electron chi connectivity index (χ0n) is 19.3. The van der Waals surface area contributed by atoms with Crippen LogP contribution < -0.4 is 5.32 Å². The molecule has 1 amide bonds. The fourth-order valence-corrected chi connectivity index (χ4v) is 4.45. The van der Waals surface area contributed by atoms with E-state index in [0.717, 1.165) is 46.3 Å². The lowest BCUT2D eigenvalue weighted by atomic mass is 10.2. The number of hydrogen-bond donors (Lipinski definition) is 1. The van der Waals surface area contributed by atoms with Crippen LogP contribution in [0.15, 0.2) is 84.0 Å². The van der Waals surface area contributed by atoms with Gasteiger partial charge < -0.3 is 5.32 Å². The number of carbonyl (C=O) groups is 1. The van der Waals surface area contributed by atoms with Crippen LogP contribution >= 0.6 is 11.8 Å². The molecule has 178 valence electrons. The third-order valence-electron chi connectivity index (χ3n) is 5.35. The number of aryl methyl sites for hydroxylation is 1. The Bertz CT molecular complexity index is 1290. The van der Waals surface area contributed by atoms with Gasteiger partial charge in [-0.15, -0.1) is 10.2 Å². The molecule has 8 nitrogen and oxygen atoms in total. The lowest BCUT2D eigenvalue weighted by Crippen LogP contribution is -2.11. The predicted octanol–water partition coefficient (Wildman–Crippen LogP) is 6.05. The molecule has 0 spiro atoms. The van der Waals surface area contributed by atoms with Crippen LogP contribution in [0.4, 0.5) is 11.4 Å². The molecule has 1 N–H and O–H groups in total. The maximum atomic E-state index is 12.2. The zero-order chi connectivity index (χ0) is 24.6. The van der Waals surface area contributed by atoms with E-state index in [1.54, 1.807) is 23.9 Å². The van der Waals surface area contributed by atoms with Crippen molar-refractivity contribution in [2.75, 3.05) is 11.1 Å². The largest absolute Gasteiger partial charge is 0.326 e. The summed E-state index contributed by atoms with van der Waals surface area (Å²) in [6.07, 6.45) is 2.06. The van der Waals surface area contributed by atoms with E-state index >= 15 is 0 Å². The Labute approximate surface area is 207 Å². The minimum atomic E-state index is -0.423. The molecule has 9 heteroatoms. The Hall–Kier alpha value is -3.98. The average molecular weight is 488 g/mol.